The van der Waals surface area contributed by atoms with E-state index in [4.69, 9.17) is 0 Å². The predicted octanol–water partition coefficient (Wildman–Crippen LogP) is 22.1. The minimum absolute atomic E-state index is 0.590. The Morgan fingerprint density at radius 2 is 0.644 bits per heavy atom. The van der Waals surface area contributed by atoms with Crippen molar-refractivity contribution in [2.75, 3.05) is 0 Å². The molecule has 0 amide bonds. The molecule has 2 heteroatoms. The number of hydrogen-bond donors (Lipinski definition) is 0. The summed E-state index contributed by atoms with van der Waals surface area (Å²) < 4.78 is 5.06. The van der Waals surface area contributed by atoms with Gasteiger partial charge in [0.25, 0.3) is 0 Å². The largest absolute Gasteiger partial charge is 0.313 e. The van der Waals surface area contributed by atoms with Crippen LogP contribution in [-0.4, -0.2) is 9.13 Å². The highest BCUT2D eigenvalue weighted by molar-refractivity contribution is 6.23. The molecule has 90 heavy (non-hydrogen) atoms. The molecule has 2 aromatic heterocycles. The summed E-state index contributed by atoms with van der Waals surface area (Å²) in [7, 11) is 0. The number of hydrogen-bond acceptors (Lipinski definition) is 0. The van der Waals surface area contributed by atoms with E-state index < -0.39 is 10.8 Å². The SMILES string of the molecule is C1=Cc2c(n(-c3ccc4c(-c5ccc6c(c5)C(c5ccccc5)(c5ccccc5)c5ccccc5-6)c5cc(-n6c7ccccc7c7ccccc76)ccc5c(-c5ccc6c(c5)C(c5ccccc5)(c5ccccc5)c5ccccc5-6)c4c3)c3ccccc23)CC1. The molecule has 16 aromatic rings. The fourth-order valence-corrected chi connectivity index (χ4v) is 17.0. The van der Waals surface area contributed by atoms with E-state index in [0.29, 0.717) is 0 Å². The highest BCUT2D eigenvalue weighted by atomic mass is 15.0. The van der Waals surface area contributed by atoms with Gasteiger partial charge in [-0.3, -0.25) is 0 Å². The van der Waals surface area contributed by atoms with Crippen molar-refractivity contribution < 1.29 is 0 Å². The monoisotopic (exact) mass is 1140 g/mol. The first-order chi connectivity index (χ1) is 44.7. The molecular weight excluding hydrogens is 1080 g/mol. The lowest BCUT2D eigenvalue weighted by Gasteiger charge is -2.34. The highest BCUT2D eigenvalue weighted by Gasteiger charge is 2.48. The van der Waals surface area contributed by atoms with Crippen LogP contribution < -0.4 is 0 Å². The molecule has 0 spiro atoms. The molecule has 0 radical (unpaired) electrons. The van der Waals surface area contributed by atoms with E-state index in [1.54, 1.807) is 0 Å². The summed E-state index contributed by atoms with van der Waals surface area (Å²) in [6.07, 6.45) is 6.67. The van der Waals surface area contributed by atoms with E-state index in [-0.39, 0.29) is 0 Å². The van der Waals surface area contributed by atoms with Crippen molar-refractivity contribution in [1.82, 2.24) is 9.13 Å². The third kappa shape index (κ3) is 6.99. The average Bonchev–Trinajstić information content (AvgIpc) is 1.47. The number of fused-ring (bicyclic) bond motifs is 14. The highest BCUT2D eigenvalue weighted by Crippen LogP contribution is 2.60. The van der Waals surface area contributed by atoms with E-state index in [1.807, 2.05) is 0 Å². The molecular formula is C88H58N2. The van der Waals surface area contributed by atoms with Crippen LogP contribution in [0.3, 0.4) is 0 Å². The Labute approximate surface area is 523 Å². The Morgan fingerprint density at radius 3 is 1.11 bits per heavy atom. The fraction of sp³-hybridized carbons (Fsp3) is 0.0455. The van der Waals surface area contributed by atoms with Gasteiger partial charge >= 0.3 is 0 Å². The summed E-state index contributed by atoms with van der Waals surface area (Å²) >= 11 is 0. The molecule has 14 aromatic carbocycles. The van der Waals surface area contributed by atoms with Gasteiger partial charge in [0, 0.05) is 38.8 Å². The van der Waals surface area contributed by atoms with Crippen molar-refractivity contribution in [2.45, 2.75) is 23.7 Å². The smallest absolute Gasteiger partial charge is 0.0713 e. The van der Waals surface area contributed by atoms with E-state index in [9.17, 15) is 0 Å². The molecule has 420 valence electrons. The summed E-state index contributed by atoms with van der Waals surface area (Å²) in [6.45, 7) is 0. The Bertz CT molecular complexity index is 5510. The molecule has 0 N–H and O–H groups in total. The molecule has 0 saturated heterocycles. The van der Waals surface area contributed by atoms with Crippen molar-refractivity contribution in [2.24, 2.45) is 0 Å². The van der Waals surface area contributed by atoms with Gasteiger partial charge in [-0.15, -0.1) is 0 Å². The topological polar surface area (TPSA) is 9.86 Å². The Kier molecular flexibility index (Phi) is 11.1. The average molecular weight is 1140 g/mol. The van der Waals surface area contributed by atoms with Gasteiger partial charge in [0.1, 0.15) is 0 Å². The molecule has 3 aliphatic rings. The predicted molar refractivity (Wildman–Crippen MR) is 375 cm³/mol. The number of aromatic nitrogens is 2. The van der Waals surface area contributed by atoms with Crippen molar-refractivity contribution in [3.05, 3.63) is 377 Å². The van der Waals surface area contributed by atoms with Crippen LogP contribution in [0.15, 0.2) is 322 Å². The van der Waals surface area contributed by atoms with E-state index >= 15 is 0 Å². The van der Waals surface area contributed by atoms with E-state index in [2.05, 4.69) is 337 Å². The van der Waals surface area contributed by atoms with Gasteiger partial charge in [-0.1, -0.05) is 273 Å². The molecule has 3 aliphatic carbocycles. The van der Waals surface area contributed by atoms with Crippen molar-refractivity contribution >= 4 is 60.3 Å². The summed E-state index contributed by atoms with van der Waals surface area (Å²) in [5.41, 5.74) is 27.4. The minimum Gasteiger partial charge on any atom is -0.313 e. The summed E-state index contributed by atoms with van der Waals surface area (Å²) in [6, 6.07) is 120. The van der Waals surface area contributed by atoms with Crippen LogP contribution in [-0.2, 0) is 17.3 Å². The van der Waals surface area contributed by atoms with Crippen molar-refractivity contribution in [1.29, 1.82) is 0 Å². The third-order valence-electron chi connectivity index (χ3n) is 20.5. The zero-order valence-corrected chi connectivity index (χ0v) is 49.5. The second kappa shape index (κ2) is 19.6. The lowest BCUT2D eigenvalue weighted by Crippen LogP contribution is -2.28. The first-order valence-corrected chi connectivity index (χ1v) is 31.7. The molecule has 2 nitrogen and oxygen atoms in total. The summed E-state index contributed by atoms with van der Waals surface area (Å²) in [4.78, 5) is 0. The molecule has 0 aliphatic heterocycles. The molecule has 19 rings (SSSR count). The lowest BCUT2D eigenvalue weighted by molar-refractivity contribution is 0.769. The summed E-state index contributed by atoms with van der Waals surface area (Å²) in [5.74, 6) is 0. The van der Waals surface area contributed by atoms with Gasteiger partial charge < -0.3 is 9.13 Å². The van der Waals surface area contributed by atoms with Crippen LogP contribution >= 0.6 is 0 Å². The van der Waals surface area contributed by atoms with Crippen LogP contribution in [0.25, 0.3) is 116 Å². The maximum atomic E-state index is 2.58. The van der Waals surface area contributed by atoms with E-state index in [1.165, 1.54) is 155 Å². The lowest BCUT2D eigenvalue weighted by atomic mass is 9.67. The third-order valence-corrected chi connectivity index (χ3v) is 20.5. The second-order valence-electron chi connectivity index (χ2n) is 24.8. The molecule has 0 bridgehead atoms. The molecule has 0 unspecified atom stereocenters. The number of allylic oxidation sites excluding steroid dienone is 1. The molecule has 0 fully saturated rings. The first kappa shape index (κ1) is 50.8. The Balaban J connectivity index is 0.970. The van der Waals surface area contributed by atoms with Gasteiger partial charge in [-0.2, -0.15) is 0 Å². The molecule has 2 heterocycles. The quantitative estimate of drug-likeness (QED) is 0.134. The maximum absolute atomic E-state index is 2.58. The van der Waals surface area contributed by atoms with Crippen molar-refractivity contribution in [3.63, 3.8) is 0 Å². The van der Waals surface area contributed by atoms with Crippen LogP contribution in [0.4, 0.5) is 0 Å². The maximum Gasteiger partial charge on any atom is 0.0713 e. The van der Waals surface area contributed by atoms with Crippen LogP contribution in [0, 0.1) is 0 Å². The van der Waals surface area contributed by atoms with Crippen LogP contribution in [0.2, 0.25) is 0 Å². The zero-order chi connectivity index (χ0) is 59.1. The Hall–Kier alpha value is -11.3. The fourth-order valence-electron chi connectivity index (χ4n) is 17.0. The standard InChI is InChI=1S/C88H58N2/c1-5-25-59(26-6-1)87(60-27-7-2-8-28-60)77-39-19-13-33-65(77)67-49-45-57(53-79(67)87)85-73-51-47-64(90-83-43-23-17-37-71(83)72-38-18-24-44-84(72)90)56-76(73)86(74-52-48-63(55-75(74)85)89-81-41-21-15-35-69(81)70-36-16-22-42-82(70)89)58-46-50-68-66-34-14-20-40-78(66)88(80(68)54-58,61-29-9-3-10-30-61)62-31-11-4-12-32-62/h1-23,25-43,45-56H,24,44H2. The first-order valence-electron chi connectivity index (χ1n) is 31.7. The van der Waals surface area contributed by atoms with Gasteiger partial charge in [0.15, 0.2) is 0 Å². The molecule has 0 saturated carbocycles. The number of para-hydroxylation sites is 3. The number of nitrogens with zero attached hydrogens (tertiary/aromatic N) is 2. The van der Waals surface area contributed by atoms with Crippen LogP contribution in [0.5, 0.6) is 0 Å². The molecule has 0 atom stereocenters. The normalized spacial score (nSPS) is 14.0. The summed E-state index contributed by atoms with van der Waals surface area (Å²) in [5, 5.41) is 8.57. The minimum atomic E-state index is -0.591. The second-order valence-corrected chi connectivity index (χ2v) is 24.8. The van der Waals surface area contributed by atoms with E-state index in [0.717, 1.165) is 24.2 Å². The van der Waals surface area contributed by atoms with Crippen LogP contribution in [0.1, 0.15) is 62.2 Å². The van der Waals surface area contributed by atoms with Gasteiger partial charge in [-0.25, -0.2) is 0 Å². The van der Waals surface area contributed by atoms with Gasteiger partial charge in [0.05, 0.1) is 27.4 Å². The van der Waals surface area contributed by atoms with Gasteiger partial charge in [-0.05, 0) is 178 Å². The number of benzene rings is 14. The van der Waals surface area contributed by atoms with Gasteiger partial charge in [0.2, 0.25) is 0 Å². The zero-order valence-electron chi connectivity index (χ0n) is 49.5. The Morgan fingerprint density at radius 1 is 0.267 bits per heavy atom. The number of rotatable bonds is 8. The van der Waals surface area contributed by atoms with Crippen molar-refractivity contribution in [3.8, 4) is 55.9 Å².